The van der Waals surface area contributed by atoms with E-state index < -0.39 is 5.95 Å². The van der Waals surface area contributed by atoms with E-state index in [4.69, 9.17) is 4.98 Å². The highest BCUT2D eigenvalue weighted by molar-refractivity contribution is 5.64. The molecule has 28 heavy (non-hydrogen) atoms. The van der Waals surface area contributed by atoms with Gasteiger partial charge in [-0.3, -0.25) is 5.10 Å². The van der Waals surface area contributed by atoms with Crippen molar-refractivity contribution in [3.63, 3.8) is 0 Å². The second kappa shape index (κ2) is 8.60. The first-order chi connectivity index (χ1) is 13.5. The van der Waals surface area contributed by atoms with Gasteiger partial charge >= 0.3 is 0 Å². The normalized spacial score (nSPS) is 12.3. The fraction of sp³-hybridized carbons (Fsp3) is 0.300. The van der Waals surface area contributed by atoms with Gasteiger partial charge in [-0.05, 0) is 32.4 Å². The molecule has 0 saturated heterocycles. The van der Waals surface area contributed by atoms with Crippen LogP contribution in [0.1, 0.15) is 43.3 Å². The van der Waals surface area contributed by atoms with Crippen LogP contribution in [0.15, 0.2) is 36.7 Å². The summed E-state index contributed by atoms with van der Waals surface area (Å²) in [7, 11) is 1.87. The molecule has 0 aliphatic rings. The molecule has 146 valence electrons. The number of hydrogen-bond donors (Lipinski definition) is 2. The van der Waals surface area contributed by atoms with Crippen LogP contribution in [0.2, 0.25) is 0 Å². The van der Waals surface area contributed by atoms with Crippen molar-refractivity contribution >= 4 is 23.5 Å². The zero-order valence-electron chi connectivity index (χ0n) is 16.4. The third kappa shape index (κ3) is 4.33. The molecule has 3 aromatic heterocycles. The molecule has 8 heteroatoms. The molecule has 1 unspecified atom stereocenters. The molecule has 7 nitrogen and oxygen atoms in total. The fourth-order valence-corrected chi connectivity index (χ4v) is 2.77. The third-order valence-electron chi connectivity index (χ3n) is 4.41. The predicted octanol–water partition coefficient (Wildman–Crippen LogP) is 4.41. The van der Waals surface area contributed by atoms with Crippen LogP contribution in [0.5, 0.6) is 0 Å². The van der Waals surface area contributed by atoms with Crippen molar-refractivity contribution in [2.24, 2.45) is 0 Å². The number of aryl methyl sites for hydroxylation is 1. The van der Waals surface area contributed by atoms with Gasteiger partial charge in [-0.1, -0.05) is 19.1 Å². The number of aromatic amines is 1. The molecule has 0 aliphatic carbocycles. The summed E-state index contributed by atoms with van der Waals surface area (Å²) < 4.78 is 14.2. The highest BCUT2D eigenvalue weighted by Crippen LogP contribution is 2.29. The average Bonchev–Trinajstić information content (AvgIpc) is 3.10. The predicted molar refractivity (Wildman–Crippen MR) is 109 cm³/mol. The van der Waals surface area contributed by atoms with E-state index in [-0.39, 0.29) is 6.04 Å². The first-order valence-corrected chi connectivity index (χ1v) is 9.15. The molecule has 0 fully saturated rings. The largest absolute Gasteiger partial charge is 0.351 e. The number of nitrogens with zero attached hydrogens (tertiary/aromatic N) is 5. The van der Waals surface area contributed by atoms with Gasteiger partial charge in [0.05, 0.1) is 12.2 Å². The molecule has 1 atom stereocenters. The molecule has 0 radical (unpaired) electrons. The number of allylic oxidation sites excluding steroid dienone is 1. The maximum absolute atomic E-state index is 14.2. The second-order valence-corrected chi connectivity index (χ2v) is 6.51. The molecule has 2 N–H and O–H groups in total. The van der Waals surface area contributed by atoms with Crippen molar-refractivity contribution in [2.75, 3.05) is 17.3 Å². The molecule has 0 spiro atoms. The van der Waals surface area contributed by atoms with Gasteiger partial charge in [0.15, 0.2) is 17.5 Å². The monoisotopic (exact) mass is 381 g/mol. The van der Waals surface area contributed by atoms with Crippen LogP contribution < -0.4 is 10.2 Å². The van der Waals surface area contributed by atoms with E-state index in [2.05, 4.69) is 32.4 Å². The lowest BCUT2D eigenvalue weighted by Gasteiger charge is -2.27. The smallest absolute Gasteiger partial charge is 0.218 e. The molecule has 0 aromatic carbocycles. The number of rotatable bonds is 7. The minimum absolute atomic E-state index is 0.278. The number of nitrogens with one attached hydrogen (secondary N) is 2. The number of hydrogen-bond acceptors (Lipinski definition) is 6. The van der Waals surface area contributed by atoms with Crippen LogP contribution in [-0.4, -0.2) is 32.2 Å². The highest BCUT2D eigenvalue weighted by Gasteiger charge is 2.20. The molecule has 0 saturated carbocycles. The van der Waals surface area contributed by atoms with E-state index in [1.807, 2.05) is 44.0 Å². The summed E-state index contributed by atoms with van der Waals surface area (Å²) in [6.07, 6.45) is 7.92. The standard InChI is InChI=1S/C20H24FN7/c1-5-6-9-16-20(28(4)14(3)15-8-7-10-22-19(15)21)25-18(12-23-16)24-17-11-13(2)26-27-17/h6-12,14H,5H2,1-4H3,(H2,24,25,26,27)/b9-6+. The van der Waals surface area contributed by atoms with Gasteiger partial charge < -0.3 is 10.2 Å². The number of H-pyrrole nitrogens is 1. The lowest BCUT2D eigenvalue weighted by atomic mass is 10.1. The quantitative estimate of drug-likeness (QED) is 0.590. The van der Waals surface area contributed by atoms with E-state index in [1.54, 1.807) is 18.3 Å². The van der Waals surface area contributed by atoms with Gasteiger partial charge in [0, 0.05) is 30.6 Å². The third-order valence-corrected chi connectivity index (χ3v) is 4.41. The maximum Gasteiger partial charge on any atom is 0.218 e. The first kappa shape index (κ1) is 19.5. The Kier molecular flexibility index (Phi) is 5.98. The van der Waals surface area contributed by atoms with E-state index >= 15 is 0 Å². The van der Waals surface area contributed by atoms with Crippen molar-refractivity contribution in [1.82, 2.24) is 25.1 Å². The summed E-state index contributed by atoms with van der Waals surface area (Å²) in [5, 5.41) is 10.2. The Balaban J connectivity index is 1.96. The summed E-state index contributed by atoms with van der Waals surface area (Å²) in [4.78, 5) is 14.9. The topological polar surface area (TPSA) is 82.6 Å². The summed E-state index contributed by atoms with van der Waals surface area (Å²) in [5.41, 5.74) is 2.15. The van der Waals surface area contributed by atoms with Crippen molar-refractivity contribution < 1.29 is 4.39 Å². The van der Waals surface area contributed by atoms with Gasteiger partial charge in [-0.2, -0.15) is 9.49 Å². The van der Waals surface area contributed by atoms with Gasteiger partial charge in [0.25, 0.3) is 0 Å². The van der Waals surface area contributed by atoms with Crippen molar-refractivity contribution in [3.05, 3.63) is 59.6 Å². The van der Waals surface area contributed by atoms with Gasteiger partial charge in [0.2, 0.25) is 5.95 Å². The van der Waals surface area contributed by atoms with Crippen LogP contribution in [-0.2, 0) is 0 Å². The molecular weight excluding hydrogens is 357 g/mol. The number of pyridine rings is 1. The SMILES string of the molecule is CC/C=C/c1ncc(Nc2cc(C)[nH]n2)nc1N(C)C(C)c1cccnc1F. The van der Waals surface area contributed by atoms with Crippen LogP contribution in [0.4, 0.5) is 21.8 Å². The van der Waals surface area contributed by atoms with Crippen molar-refractivity contribution in [2.45, 2.75) is 33.2 Å². The minimum Gasteiger partial charge on any atom is -0.351 e. The van der Waals surface area contributed by atoms with Gasteiger partial charge in [-0.15, -0.1) is 0 Å². The van der Waals surface area contributed by atoms with Gasteiger partial charge in [-0.25, -0.2) is 15.0 Å². The Bertz CT molecular complexity index is 967. The second-order valence-electron chi connectivity index (χ2n) is 6.51. The number of aromatic nitrogens is 5. The van der Waals surface area contributed by atoms with E-state index in [0.717, 1.165) is 12.1 Å². The molecule has 0 bridgehead atoms. The molecule has 0 amide bonds. The Hall–Kier alpha value is -3.29. The lowest BCUT2D eigenvalue weighted by molar-refractivity contribution is 0.546. The minimum atomic E-state index is -0.485. The van der Waals surface area contributed by atoms with E-state index in [1.165, 1.54) is 6.20 Å². The van der Waals surface area contributed by atoms with Crippen LogP contribution >= 0.6 is 0 Å². The summed E-state index contributed by atoms with van der Waals surface area (Å²) in [5.74, 6) is 1.36. The zero-order valence-corrected chi connectivity index (χ0v) is 16.4. The molecule has 3 heterocycles. The van der Waals surface area contributed by atoms with Crippen LogP contribution in [0.25, 0.3) is 6.08 Å². The fourth-order valence-electron chi connectivity index (χ4n) is 2.77. The van der Waals surface area contributed by atoms with Crippen LogP contribution in [0, 0.1) is 12.9 Å². The Morgan fingerprint density at radius 3 is 2.82 bits per heavy atom. The van der Waals surface area contributed by atoms with Gasteiger partial charge in [0.1, 0.15) is 5.69 Å². The lowest BCUT2D eigenvalue weighted by Crippen LogP contribution is -2.25. The molecule has 3 aromatic rings. The summed E-state index contributed by atoms with van der Waals surface area (Å²) >= 11 is 0. The number of halogens is 1. The van der Waals surface area contributed by atoms with Crippen molar-refractivity contribution in [3.8, 4) is 0 Å². The average molecular weight is 381 g/mol. The maximum atomic E-state index is 14.2. The Labute approximate surface area is 163 Å². The summed E-state index contributed by atoms with van der Waals surface area (Å²) in [6, 6.07) is 5.06. The van der Waals surface area contributed by atoms with Crippen molar-refractivity contribution in [1.29, 1.82) is 0 Å². The molecule has 3 rings (SSSR count). The first-order valence-electron chi connectivity index (χ1n) is 9.15. The number of anilines is 3. The Morgan fingerprint density at radius 1 is 1.32 bits per heavy atom. The summed E-state index contributed by atoms with van der Waals surface area (Å²) in [6.45, 7) is 5.88. The molecule has 0 aliphatic heterocycles. The molecular formula is C20H24FN7. The highest BCUT2D eigenvalue weighted by atomic mass is 19.1. The van der Waals surface area contributed by atoms with Crippen LogP contribution in [0.3, 0.4) is 0 Å². The zero-order chi connectivity index (χ0) is 20.1. The van der Waals surface area contributed by atoms with E-state index in [9.17, 15) is 4.39 Å². The van der Waals surface area contributed by atoms with E-state index in [0.29, 0.717) is 28.7 Å². The Morgan fingerprint density at radius 2 is 2.14 bits per heavy atom.